The average molecular weight is 203 g/mol. The van der Waals surface area contributed by atoms with Crippen LogP contribution in [0.5, 0.6) is 0 Å². The second-order valence-corrected chi connectivity index (χ2v) is 4.67. The minimum Gasteiger partial charge on any atom is -0.289 e. The molecule has 0 spiro atoms. The number of hydrogen-bond donors (Lipinski definition) is 0. The smallest absolute Gasteiger partial charge is 0.0545 e. The zero-order valence-corrected chi connectivity index (χ0v) is 10.1. The molecule has 15 heavy (non-hydrogen) atoms. The van der Waals surface area contributed by atoms with Crippen LogP contribution in [0.25, 0.3) is 0 Å². The van der Waals surface area contributed by atoms with Crippen LogP contribution in [-0.4, -0.2) is 12.3 Å². The monoisotopic (exact) mass is 203 g/mol. The molecule has 1 heteroatoms. The molecule has 0 saturated heterocycles. The predicted molar refractivity (Wildman–Crippen MR) is 67.5 cm³/mol. The van der Waals surface area contributed by atoms with Crippen molar-refractivity contribution in [1.29, 1.82) is 0 Å². The Balaban J connectivity index is 2.70. The van der Waals surface area contributed by atoms with Crippen LogP contribution in [0.3, 0.4) is 0 Å². The topological polar surface area (TPSA) is 12.4 Å². The summed E-state index contributed by atoms with van der Waals surface area (Å²) >= 11 is 0. The molecular weight excluding hydrogens is 182 g/mol. The van der Waals surface area contributed by atoms with Gasteiger partial charge < -0.3 is 0 Å². The molecular formula is C14H21N. The van der Waals surface area contributed by atoms with Crippen molar-refractivity contribution < 1.29 is 0 Å². The Hall–Kier alpha value is -1.11. The first-order valence-electron chi connectivity index (χ1n) is 5.69. The van der Waals surface area contributed by atoms with E-state index in [1.165, 1.54) is 5.56 Å². The van der Waals surface area contributed by atoms with Gasteiger partial charge in [-0.3, -0.25) is 4.99 Å². The molecule has 0 amide bonds. The van der Waals surface area contributed by atoms with Crippen LogP contribution in [0.2, 0.25) is 0 Å². The van der Waals surface area contributed by atoms with E-state index in [2.05, 4.69) is 44.8 Å². The quantitative estimate of drug-likeness (QED) is 0.660. The molecule has 0 aliphatic carbocycles. The lowest BCUT2D eigenvalue weighted by Crippen LogP contribution is -2.19. The first-order chi connectivity index (χ1) is 7.11. The Morgan fingerprint density at radius 3 is 1.93 bits per heavy atom. The van der Waals surface area contributed by atoms with E-state index in [0.29, 0.717) is 17.9 Å². The van der Waals surface area contributed by atoms with E-state index in [1.807, 2.05) is 24.4 Å². The summed E-state index contributed by atoms with van der Waals surface area (Å²) < 4.78 is 0. The van der Waals surface area contributed by atoms with Gasteiger partial charge >= 0.3 is 0 Å². The largest absolute Gasteiger partial charge is 0.289 e. The van der Waals surface area contributed by atoms with Crippen molar-refractivity contribution in [2.24, 2.45) is 16.8 Å². The molecule has 0 bridgehead atoms. The van der Waals surface area contributed by atoms with E-state index in [-0.39, 0.29) is 0 Å². The van der Waals surface area contributed by atoms with Gasteiger partial charge in [-0.15, -0.1) is 0 Å². The van der Waals surface area contributed by atoms with Gasteiger partial charge in [-0.25, -0.2) is 0 Å². The van der Waals surface area contributed by atoms with Crippen LogP contribution >= 0.6 is 0 Å². The second kappa shape index (κ2) is 5.69. The van der Waals surface area contributed by atoms with Crippen molar-refractivity contribution in [3.8, 4) is 0 Å². The van der Waals surface area contributed by atoms with Gasteiger partial charge in [0.1, 0.15) is 0 Å². The Morgan fingerprint density at radius 1 is 0.933 bits per heavy atom. The van der Waals surface area contributed by atoms with Crippen LogP contribution in [-0.2, 0) is 0 Å². The fourth-order valence-corrected chi connectivity index (χ4v) is 1.83. The van der Waals surface area contributed by atoms with Gasteiger partial charge in [-0.1, -0.05) is 58.0 Å². The fourth-order valence-electron chi connectivity index (χ4n) is 1.83. The van der Waals surface area contributed by atoms with E-state index in [0.717, 1.165) is 0 Å². The minimum absolute atomic E-state index is 0.421. The van der Waals surface area contributed by atoms with Gasteiger partial charge in [0.25, 0.3) is 0 Å². The molecule has 0 unspecified atom stereocenters. The van der Waals surface area contributed by atoms with Gasteiger partial charge in [0.2, 0.25) is 0 Å². The van der Waals surface area contributed by atoms with Gasteiger partial charge in [0, 0.05) is 6.21 Å². The van der Waals surface area contributed by atoms with Gasteiger partial charge in [0.05, 0.1) is 6.04 Å². The van der Waals surface area contributed by atoms with Crippen molar-refractivity contribution in [2.75, 3.05) is 0 Å². The Kier molecular flexibility index (Phi) is 4.54. The van der Waals surface area contributed by atoms with E-state index in [4.69, 9.17) is 0 Å². The first-order valence-corrected chi connectivity index (χ1v) is 5.69. The minimum atomic E-state index is 0.421. The van der Waals surface area contributed by atoms with E-state index < -0.39 is 0 Å². The summed E-state index contributed by atoms with van der Waals surface area (Å²) in [6.45, 7) is 8.92. The third kappa shape index (κ3) is 3.86. The number of hydrogen-bond acceptors (Lipinski definition) is 1. The maximum absolute atomic E-state index is 4.67. The maximum atomic E-state index is 4.67. The molecule has 0 fully saturated rings. The molecule has 1 rings (SSSR count). The first kappa shape index (κ1) is 12.0. The third-order valence-electron chi connectivity index (χ3n) is 2.56. The zero-order valence-electron chi connectivity index (χ0n) is 10.1. The number of benzene rings is 1. The molecule has 0 saturated carbocycles. The molecule has 82 valence electrons. The van der Waals surface area contributed by atoms with Crippen LogP contribution in [0.1, 0.15) is 33.3 Å². The number of rotatable bonds is 4. The van der Waals surface area contributed by atoms with Crippen LogP contribution in [0.4, 0.5) is 0 Å². The van der Waals surface area contributed by atoms with Crippen molar-refractivity contribution >= 4 is 6.21 Å². The molecule has 0 aliphatic heterocycles. The molecule has 0 N–H and O–H groups in total. The summed E-state index contributed by atoms with van der Waals surface area (Å²) in [5.74, 6) is 1.20. The highest BCUT2D eigenvalue weighted by atomic mass is 14.8. The maximum Gasteiger partial charge on any atom is 0.0545 e. The molecule has 0 atom stereocenters. The zero-order chi connectivity index (χ0) is 11.3. The number of nitrogens with zero attached hydrogens (tertiary/aromatic N) is 1. The van der Waals surface area contributed by atoms with Crippen molar-refractivity contribution in [3.05, 3.63) is 35.9 Å². The number of aliphatic imine (C=N–C) groups is 1. The molecule has 1 aromatic carbocycles. The summed E-state index contributed by atoms with van der Waals surface area (Å²) in [6.07, 6.45) is 1.99. The highest BCUT2D eigenvalue weighted by Gasteiger charge is 2.14. The normalized spacial score (nSPS) is 12.2. The fraction of sp³-hybridized carbons (Fsp3) is 0.500. The highest BCUT2D eigenvalue weighted by molar-refractivity contribution is 5.79. The summed E-state index contributed by atoms with van der Waals surface area (Å²) in [5, 5.41) is 0. The molecule has 0 radical (unpaired) electrons. The lowest BCUT2D eigenvalue weighted by molar-refractivity contribution is 0.390. The van der Waals surface area contributed by atoms with E-state index in [9.17, 15) is 0 Å². The average Bonchev–Trinajstić information content (AvgIpc) is 2.18. The highest BCUT2D eigenvalue weighted by Crippen LogP contribution is 2.15. The van der Waals surface area contributed by atoms with Crippen LogP contribution < -0.4 is 0 Å². The van der Waals surface area contributed by atoms with Crippen molar-refractivity contribution in [3.63, 3.8) is 0 Å². The summed E-state index contributed by atoms with van der Waals surface area (Å²) in [4.78, 5) is 4.67. The molecule has 0 heterocycles. The Morgan fingerprint density at radius 2 is 1.47 bits per heavy atom. The van der Waals surface area contributed by atoms with E-state index in [1.54, 1.807) is 0 Å². The summed E-state index contributed by atoms with van der Waals surface area (Å²) in [6, 6.07) is 10.7. The summed E-state index contributed by atoms with van der Waals surface area (Å²) in [5.41, 5.74) is 1.18. The summed E-state index contributed by atoms with van der Waals surface area (Å²) in [7, 11) is 0. The standard InChI is InChI=1S/C14H21N/c1-11(2)14(12(3)4)15-10-13-8-6-5-7-9-13/h5-12,14H,1-4H3. The van der Waals surface area contributed by atoms with E-state index >= 15 is 0 Å². The van der Waals surface area contributed by atoms with Gasteiger partial charge in [-0.2, -0.15) is 0 Å². The van der Waals surface area contributed by atoms with Crippen LogP contribution in [0.15, 0.2) is 35.3 Å². The molecule has 0 aromatic heterocycles. The molecule has 1 aromatic rings. The van der Waals surface area contributed by atoms with Gasteiger partial charge in [-0.05, 0) is 17.4 Å². The van der Waals surface area contributed by atoms with Gasteiger partial charge in [0.15, 0.2) is 0 Å². The third-order valence-corrected chi connectivity index (χ3v) is 2.56. The SMILES string of the molecule is CC(C)C(N=Cc1ccccc1)C(C)C. The lowest BCUT2D eigenvalue weighted by atomic mass is 9.94. The van der Waals surface area contributed by atoms with Crippen LogP contribution in [0, 0.1) is 11.8 Å². The lowest BCUT2D eigenvalue weighted by Gasteiger charge is -2.20. The molecule has 1 nitrogen and oxygen atoms in total. The van der Waals surface area contributed by atoms with Crippen molar-refractivity contribution in [1.82, 2.24) is 0 Å². The predicted octanol–water partition coefficient (Wildman–Crippen LogP) is 3.79. The molecule has 0 aliphatic rings. The van der Waals surface area contributed by atoms with Crippen molar-refractivity contribution in [2.45, 2.75) is 33.7 Å². The Bertz CT molecular complexity index is 290. The second-order valence-electron chi connectivity index (χ2n) is 4.67. The Labute approximate surface area is 93.2 Å².